The molecule has 0 aromatic carbocycles. The normalized spacial score (nSPS) is 11.8. The number of carbonyl (C=O) groups is 1. The smallest absolute Gasteiger partial charge is 0.370 e. The van der Waals surface area contributed by atoms with E-state index in [0.29, 0.717) is 39.5 Å². The summed E-state index contributed by atoms with van der Waals surface area (Å²) in [5.74, 6) is -2.16. The number of aliphatic hydroxyl groups is 1. The zero-order valence-corrected chi connectivity index (χ0v) is 22.6. The predicted octanol–water partition coefficient (Wildman–Crippen LogP) is 4.79. The number of carbonyl (C=O) groups excluding carboxylic acids is 1. The van der Waals surface area contributed by atoms with E-state index in [9.17, 15) is 4.79 Å². The van der Waals surface area contributed by atoms with Crippen LogP contribution in [0.2, 0.25) is 0 Å². The van der Waals surface area contributed by atoms with Crippen LogP contribution in [0.3, 0.4) is 0 Å². The first-order valence-electron chi connectivity index (χ1n) is 13.8. The monoisotopic (exact) mass is 490 g/mol. The average Bonchev–Trinajstić information content (AvgIpc) is 2.83. The van der Waals surface area contributed by atoms with Gasteiger partial charge >= 0.3 is 11.9 Å². The zero-order chi connectivity index (χ0) is 25.3. The molecule has 0 aliphatic rings. The molecule has 0 spiro atoms. The molecule has 8 nitrogen and oxygen atoms in total. The summed E-state index contributed by atoms with van der Waals surface area (Å²) in [5.41, 5.74) is 0. The summed E-state index contributed by atoms with van der Waals surface area (Å²) < 4.78 is 16.8. The molecule has 204 valence electrons. The van der Waals surface area contributed by atoms with Crippen molar-refractivity contribution >= 4 is 5.91 Å². The van der Waals surface area contributed by atoms with Crippen LogP contribution < -0.4 is 5.32 Å². The molecule has 0 unspecified atom stereocenters. The van der Waals surface area contributed by atoms with Crippen LogP contribution in [0, 0.1) is 0 Å². The van der Waals surface area contributed by atoms with E-state index >= 15 is 0 Å². The van der Waals surface area contributed by atoms with E-state index in [1.54, 1.807) is 0 Å². The standard InChI is InChI=1S/C26H54N2O6/c1-5-31-26(32-6-2,33-7-3)25(30)28(34-8-4)23-20-18-16-14-12-10-9-11-13-15-17-19-21-27-22-24-29/h27,29H,5-24H2,1-4H3. The molecule has 0 atom stereocenters. The molecular formula is C26H54N2O6. The fourth-order valence-corrected chi connectivity index (χ4v) is 3.89. The Morgan fingerprint density at radius 2 is 1.12 bits per heavy atom. The van der Waals surface area contributed by atoms with E-state index < -0.39 is 11.9 Å². The zero-order valence-electron chi connectivity index (χ0n) is 22.6. The van der Waals surface area contributed by atoms with Gasteiger partial charge in [0.15, 0.2) is 0 Å². The lowest BCUT2D eigenvalue weighted by Crippen LogP contribution is -2.54. The molecule has 0 rings (SSSR count). The van der Waals surface area contributed by atoms with Crippen LogP contribution in [0.4, 0.5) is 0 Å². The van der Waals surface area contributed by atoms with Crippen molar-refractivity contribution in [2.45, 2.75) is 111 Å². The van der Waals surface area contributed by atoms with E-state index in [1.165, 1.54) is 69.3 Å². The first-order chi connectivity index (χ1) is 16.6. The molecular weight excluding hydrogens is 436 g/mol. The molecule has 2 N–H and O–H groups in total. The molecule has 8 heteroatoms. The molecule has 0 saturated heterocycles. The highest BCUT2D eigenvalue weighted by atomic mass is 16.9. The van der Waals surface area contributed by atoms with Crippen molar-refractivity contribution in [3.63, 3.8) is 0 Å². The molecule has 0 heterocycles. The van der Waals surface area contributed by atoms with Gasteiger partial charge in [-0.05, 0) is 47.1 Å². The van der Waals surface area contributed by atoms with Gasteiger partial charge in [-0.3, -0.25) is 9.63 Å². The number of rotatable bonds is 26. The third-order valence-corrected chi connectivity index (χ3v) is 5.53. The van der Waals surface area contributed by atoms with Gasteiger partial charge < -0.3 is 24.6 Å². The minimum atomic E-state index is -1.73. The lowest BCUT2D eigenvalue weighted by atomic mass is 10.1. The van der Waals surface area contributed by atoms with Crippen LogP contribution in [-0.2, 0) is 23.8 Å². The molecule has 34 heavy (non-hydrogen) atoms. The second kappa shape index (κ2) is 23.9. The number of aliphatic hydroxyl groups excluding tert-OH is 1. The van der Waals surface area contributed by atoms with Gasteiger partial charge in [0.1, 0.15) is 0 Å². The van der Waals surface area contributed by atoms with Gasteiger partial charge in [0.25, 0.3) is 0 Å². The topological polar surface area (TPSA) is 89.5 Å². The van der Waals surface area contributed by atoms with Gasteiger partial charge in [-0.2, -0.15) is 0 Å². The third-order valence-electron chi connectivity index (χ3n) is 5.53. The Balaban J connectivity index is 3.99. The number of unbranched alkanes of at least 4 members (excludes halogenated alkanes) is 11. The number of amides is 1. The maximum Gasteiger partial charge on any atom is 0.370 e. The first-order valence-corrected chi connectivity index (χ1v) is 13.8. The lowest BCUT2D eigenvalue weighted by Gasteiger charge is -2.34. The molecule has 0 fully saturated rings. The molecule has 0 radical (unpaired) electrons. The van der Waals surface area contributed by atoms with Gasteiger partial charge in [0.05, 0.1) is 33.0 Å². The molecule has 0 aliphatic carbocycles. The Bertz CT molecular complexity index is 436. The second-order valence-corrected chi connectivity index (χ2v) is 8.40. The number of nitrogens with zero attached hydrogens (tertiary/aromatic N) is 1. The summed E-state index contributed by atoms with van der Waals surface area (Å²) in [5, 5.41) is 13.3. The van der Waals surface area contributed by atoms with Crippen molar-refractivity contribution in [1.29, 1.82) is 0 Å². The van der Waals surface area contributed by atoms with E-state index in [-0.39, 0.29) is 6.61 Å². The molecule has 0 aliphatic heterocycles. The second-order valence-electron chi connectivity index (χ2n) is 8.40. The van der Waals surface area contributed by atoms with Gasteiger partial charge in [-0.1, -0.05) is 64.2 Å². The van der Waals surface area contributed by atoms with Crippen molar-refractivity contribution in [3.8, 4) is 0 Å². The van der Waals surface area contributed by atoms with E-state index in [2.05, 4.69) is 5.32 Å². The fourth-order valence-electron chi connectivity index (χ4n) is 3.89. The highest BCUT2D eigenvalue weighted by Crippen LogP contribution is 2.21. The van der Waals surface area contributed by atoms with E-state index in [1.807, 2.05) is 27.7 Å². The predicted molar refractivity (Wildman–Crippen MR) is 136 cm³/mol. The van der Waals surface area contributed by atoms with Crippen molar-refractivity contribution < 1.29 is 28.9 Å². The summed E-state index contributed by atoms with van der Waals surface area (Å²) in [7, 11) is 0. The highest BCUT2D eigenvalue weighted by molar-refractivity contribution is 5.81. The minimum absolute atomic E-state index is 0.226. The largest absolute Gasteiger partial charge is 0.395 e. The Morgan fingerprint density at radius 3 is 1.53 bits per heavy atom. The SMILES string of the molecule is CCON(CCCCCCCCCCCCCCNCCO)C(=O)C(OCC)(OCC)OCC. The number of ether oxygens (including phenoxy) is 3. The first kappa shape index (κ1) is 33.2. The van der Waals surface area contributed by atoms with Crippen LogP contribution in [-0.4, -0.2) is 74.7 Å². The third kappa shape index (κ3) is 16.0. The number of nitrogens with one attached hydrogen (secondary N) is 1. The Kier molecular flexibility index (Phi) is 23.4. The molecule has 1 amide bonds. The van der Waals surface area contributed by atoms with Crippen LogP contribution in [0.5, 0.6) is 0 Å². The van der Waals surface area contributed by atoms with Gasteiger partial charge in [0, 0.05) is 13.1 Å². The lowest BCUT2D eigenvalue weighted by molar-refractivity contribution is -0.364. The van der Waals surface area contributed by atoms with E-state index in [0.717, 1.165) is 19.4 Å². The number of hydroxylamine groups is 2. The van der Waals surface area contributed by atoms with Gasteiger partial charge in [-0.15, -0.1) is 0 Å². The number of hydrogen-bond acceptors (Lipinski definition) is 7. The van der Waals surface area contributed by atoms with Crippen molar-refractivity contribution in [2.24, 2.45) is 0 Å². The van der Waals surface area contributed by atoms with Crippen molar-refractivity contribution in [3.05, 3.63) is 0 Å². The summed E-state index contributed by atoms with van der Waals surface area (Å²) in [4.78, 5) is 18.7. The van der Waals surface area contributed by atoms with Crippen LogP contribution in [0.15, 0.2) is 0 Å². The van der Waals surface area contributed by atoms with Gasteiger partial charge in [0.2, 0.25) is 0 Å². The molecule has 0 aromatic heterocycles. The molecule has 0 aromatic rings. The number of hydrogen-bond donors (Lipinski definition) is 2. The maximum absolute atomic E-state index is 13.1. The summed E-state index contributed by atoms with van der Waals surface area (Å²) >= 11 is 0. The average molecular weight is 491 g/mol. The molecule has 0 bridgehead atoms. The Labute approximate surface area is 209 Å². The minimum Gasteiger partial charge on any atom is -0.395 e. The molecule has 0 saturated carbocycles. The van der Waals surface area contributed by atoms with Crippen molar-refractivity contribution in [1.82, 2.24) is 10.4 Å². The quantitative estimate of drug-likeness (QED) is 0.102. The van der Waals surface area contributed by atoms with Crippen LogP contribution in [0.1, 0.15) is 105 Å². The maximum atomic E-state index is 13.1. The van der Waals surface area contributed by atoms with Crippen molar-refractivity contribution in [2.75, 3.05) is 52.7 Å². The van der Waals surface area contributed by atoms with Gasteiger partial charge in [-0.25, -0.2) is 5.06 Å². The summed E-state index contributed by atoms with van der Waals surface area (Å²) in [6.45, 7) is 11.0. The Morgan fingerprint density at radius 1 is 0.676 bits per heavy atom. The fraction of sp³-hybridized carbons (Fsp3) is 0.962. The highest BCUT2D eigenvalue weighted by Gasteiger charge is 2.45. The summed E-state index contributed by atoms with van der Waals surface area (Å²) in [6.07, 6.45) is 14.7. The summed E-state index contributed by atoms with van der Waals surface area (Å²) in [6, 6.07) is 0. The van der Waals surface area contributed by atoms with Crippen LogP contribution >= 0.6 is 0 Å². The van der Waals surface area contributed by atoms with E-state index in [4.69, 9.17) is 24.2 Å². The Hall–Kier alpha value is -0.770. The van der Waals surface area contributed by atoms with Crippen LogP contribution in [0.25, 0.3) is 0 Å².